The first-order valence-corrected chi connectivity index (χ1v) is 5.42. The molecule has 98 valence electrons. The first-order valence-electron chi connectivity index (χ1n) is 5.04. The van der Waals surface area contributed by atoms with E-state index in [2.05, 4.69) is 4.98 Å². The Morgan fingerprint density at radius 3 is 2.42 bits per heavy atom. The summed E-state index contributed by atoms with van der Waals surface area (Å²) in [5, 5.41) is 2.03. The normalized spacial score (nSPS) is 10.3. The van der Waals surface area contributed by atoms with Gasteiger partial charge in [0.05, 0.1) is 10.6 Å². The van der Waals surface area contributed by atoms with Crippen molar-refractivity contribution in [1.29, 1.82) is 0 Å². The number of benzene rings is 1. The van der Waals surface area contributed by atoms with Gasteiger partial charge in [0.25, 0.3) is 5.91 Å². The highest BCUT2D eigenvalue weighted by molar-refractivity contribution is 6.34. The predicted molar refractivity (Wildman–Crippen MR) is 63.5 cm³/mol. The van der Waals surface area contributed by atoms with Gasteiger partial charge in [0, 0.05) is 24.5 Å². The van der Waals surface area contributed by atoms with Crippen LogP contribution in [0, 0.1) is 17.5 Å². The minimum absolute atomic E-state index is 0.000193. The molecular weight excluding hydrogens is 281 g/mol. The minimum Gasteiger partial charge on any atom is -0.317 e. The van der Waals surface area contributed by atoms with Gasteiger partial charge in [0.1, 0.15) is 11.5 Å². The lowest BCUT2D eigenvalue weighted by Gasteiger charge is -2.08. The van der Waals surface area contributed by atoms with Gasteiger partial charge in [0.15, 0.2) is 11.6 Å². The molecule has 0 aliphatic carbocycles. The van der Waals surface area contributed by atoms with Crippen LogP contribution >= 0.6 is 11.6 Å². The molecule has 3 nitrogen and oxygen atoms in total. The molecule has 0 atom stereocenters. The maximum absolute atomic E-state index is 13.3. The molecule has 0 aliphatic heterocycles. The summed E-state index contributed by atoms with van der Waals surface area (Å²) in [6, 6.07) is 2.22. The van der Waals surface area contributed by atoms with Crippen molar-refractivity contribution in [3.05, 3.63) is 58.6 Å². The Morgan fingerprint density at radius 2 is 1.84 bits per heavy atom. The molecule has 0 radical (unpaired) electrons. The zero-order chi connectivity index (χ0) is 14.0. The molecule has 19 heavy (non-hydrogen) atoms. The lowest BCUT2D eigenvalue weighted by Crippen LogP contribution is -2.15. The molecule has 2 rings (SSSR count). The van der Waals surface area contributed by atoms with Crippen molar-refractivity contribution in [2.75, 3.05) is 5.32 Å². The van der Waals surface area contributed by atoms with Crippen molar-refractivity contribution in [3.8, 4) is 0 Å². The van der Waals surface area contributed by atoms with E-state index in [0.29, 0.717) is 12.1 Å². The molecule has 1 aromatic heterocycles. The van der Waals surface area contributed by atoms with Crippen molar-refractivity contribution >= 4 is 23.2 Å². The van der Waals surface area contributed by atoms with E-state index in [-0.39, 0.29) is 10.6 Å². The van der Waals surface area contributed by atoms with E-state index in [1.165, 1.54) is 18.5 Å². The van der Waals surface area contributed by atoms with Crippen molar-refractivity contribution in [1.82, 2.24) is 4.98 Å². The summed E-state index contributed by atoms with van der Waals surface area (Å²) in [5.74, 6) is -4.32. The largest absolute Gasteiger partial charge is 0.317 e. The first-order chi connectivity index (χ1) is 8.99. The third-order valence-corrected chi connectivity index (χ3v) is 2.56. The molecular formula is C12H6ClF3N2O. The van der Waals surface area contributed by atoms with Gasteiger partial charge in [-0.1, -0.05) is 11.6 Å². The summed E-state index contributed by atoms with van der Waals surface area (Å²) in [6.45, 7) is 0. The highest BCUT2D eigenvalue weighted by Crippen LogP contribution is 2.22. The standard InChI is InChI=1S/C12H6ClF3N2O/c13-8-5-17-2-1-7(8)12(19)18-11-9(15)3-6(14)4-10(11)16/h1-5H,(H,18,19). The number of nitrogens with zero attached hydrogens (tertiary/aromatic N) is 1. The third-order valence-electron chi connectivity index (χ3n) is 2.26. The van der Waals surface area contributed by atoms with Crippen molar-refractivity contribution in [2.45, 2.75) is 0 Å². The van der Waals surface area contributed by atoms with E-state index in [1.807, 2.05) is 5.32 Å². The molecule has 1 aromatic carbocycles. The molecule has 0 fully saturated rings. The van der Waals surface area contributed by atoms with Crippen LogP contribution in [-0.4, -0.2) is 10.9 Å². The molecule has 7 heteroatoms. The van der Waals surface area contributed by atoms with Gasteiger partial charge in [0.2, 0.25) is 0 Å². The van der Waals surface area contributed by atoms with Gasteiger partial charge < -0.3 is 5.32 Å². The zero-order valence-electron chi connectivity index (χ0n) is 9.25. The second-order valence-corrected chi connectivity index (χ2v) is 3.96. The number of aromatic nitrogens is 1. The number of halogens is 4. The molecule has 0 saturated carbocycles. The average molecular weight is 287 g/mol. The number of nitrogens with one attached hydrogen (secondary N) is 1. The number of rotatable bonds is 2. The Hall–Kier alpha value is -2.08. The Balaban J connectivity index is 2.32. The second-order valence-electron chi connectivity index (χ2n) is 3.55. The zero-order valence-corrected chi connectivity index (χ0v) is 10.0. The van der Waals surface area contributed by atoms with Crippen LogP contribution in [0.4, 0.5) is 18.9 Å². The maximum atomic E-state index is 13.3. The third kappa shape index (κ3) is 2.85. The lowest BCUT2D eigenvalue weighted by atomic mass is 10.2. The summed E-state index contributed by atoms with van der Waals surface area (Å²) < 4.78 is 39.4. The molecule has 1 N–H and O–H groups in total. The number of hydrogen-bond acceptors (Lipinski definition) is 2. The highest BCUT2D eigenvalue weighted by Gasteiger charge is 2.16. The van der Waals surface area contributed by atoms with Gasteiger partial charge in [-0.3, -0.25) is 9.78 Å². The topological polar surface area (TPSA) is 42.0 Å². The van der Waals surface area contributed by atoms with Crippen LogP contribution in [0.5, 0.6) is 0 Å². The van der Waals surface area contributed by atoms with Gasteiger partial charge in [-0.05, 0) is 6.07 Å². The van der Waals surface area contributed by atoms with Crippen LogP contribution in [0.1, 0.15) is 10.4 Å². The van der Waals surface area contributed by atoms with E-state index >= 15 is 0 Å². The average Bonchev–Trinajstić information content (AvgIpc) is 2.34. The van der Waals surface area contributed by atoms with E-state index in [9.17, 15) is 18.0 Å². The van der Waals surface area contributed by atoms with E-state index in [4.69, 9.17) is 11.6 Å². The summed E-state index contributed by atoms with van der Waals surface area (Å²) in [7, 11) is 0. The summed E-state index contributed by atoms with van der Waals surface area (Å²) in [4.78, 5) is 15.4. The van der Waals surface area contributed by atoms with Crippen molar-refractivity contribution in [3.63, 3.8) is 0 Å². The van der Waals surface area contributed by atoms with Gasteiger partial charge in [-0.2, -0.15) is 0 Å². The Kier molecular flexibility index (Phi) is 3.71. The maximum Gasteiger partial charge on any atom is 0.257 e. The Bertz CT molecular complexity index is 626. The van der Waals surface area contributed by atoms with Crippen LogP contribution < -0.4 is 5.32 Å². The van der Waals surface area contributed by atoms with Gasteiger partial charge >= 0.3 is 0 Å². The highest BCUT2D eigenvalue weighted by atomic mass is 35.5. The van der Waals surface area contributed by atoms with Crippen LogP contribution in [0.25, 0.3) is 0 Å². The second kappa shape index (κ2) is 5.27. The molecule has 0 unspecified atom stereocenters. The summed E-state index contributed by atoms with van der Waals surface area (Å²) in [6.07, 6.45) is 2.52. The van der Waals surface area contributed by atoms with Gasteiger partial charge in [-0.15, -0.1) is 0 Å². The SMILES string of the molecule is O=C(Nc1c(F)cc(F)cc1F)c1ccncc1Cl. The number of carbonyl (C=O) groups is 1. The van der Waals surface area contributed by atoms with E-state index in [0.717, 1.165) is 0 Å². The van der Waals surface area contributed by atoms with Crippen LogP contribution in [0.15, 0.2) is 30.6 Å². The molecule has 0 bridgehead atoms. The van der Waals surface area contributed by atoms with Gasteiger partial charge in [-0.25, -0.2) is 13.2 Å². The minimum atomic E-state index is -1.21. The fourth-order valence-corrected chi connectivity index (χ4v) is 1.61. The quantitative estimate of drug-likeness (QED) is 0.919. The number of carbonyl (C=O) groups excluding carboxylic acids is 1. The van der Waals surface area contributed by atoms with Crippen LogP contribution in [0.2, 0.25) is 5.02 Å². The number of anilines is 1. The molecule has 1 amide bonds. The lowest BCUT2D eigenvalue weighted by molar-refractivity contribution is 0.102. The van der Waals surface area contributed by atoms with Crippen LogP contribution in [-0.2, 0) is 0 Å². The van der Waals surface area contributed by atoms with Crippen LogP contribution in [0.3, 0.4) is 0 Å². The number of hydrogen-bond donors (Lipinski definition) is 1. The Morgan fingerprint density at radius 1 is 1.21 bits per heavy atom. The molecule has 0 saturated heterocycles. The fourth-order valence-electron chi connectivity index (χ4n) is 1.40. The number of pyridine rings is 1. The smallest absolute Gasteiger partial charge is 0.257 e. The molecule has 0 aliphatic rings. The van der Waals surface area contributed by atoms with Crippen molar-refractivity contribution in [2.24, 2.45) is 0 Å². The first kappa shape index (κ1) is 13.4. The summed E-state index contributed by atoms with van der Waals surface area (Å²) >= 11 is 5.72. The van der Waals surface area contributed by atoms with Crippen molar-refractivity contribution < 1.29 is 18.0 Å². The molecule has 1 heterocycles. The van der Waals surface area contributed by atoms with E-state index < -0.39 is 29.0 Å². The predicted octanol–water partition coefficient (Wildman–Crippen LogP) is 3.40. The van der Waals surface area contributed by atoms with E-state index in [1.54, 1.807) is 0 Å². The monoisotopic (exact) mass is 286 g/mol. The molecule has 0 spiro atoms. The summed E-state index contributed by atoms with van der Waals surface area (Å²) in [5.41, 5.74) is -0.737. The molecule has 2 aromatic rings. The Labute approximate surface area is 111 Å². The fraction of sp³-hybridized carbons (Fsp3) is 0. The number of amides is 1.